The van der Waals surface area contributed by atoms with E-state index in [1.54, 1.807) is 22.4 Å². The van der Waals surface area contributed by atoms with Gasteiger partial charge in [-0.3, -0.25) is 9.69 Å². The summed E-state index contributed by atoms with van der Waals surface area (Å²) in [4.78, 5) is 14.9. The maximum atomic E-state index is 12.3. The number of ether oxygens (including phenoxy) is 1. The molecule has 2 heterocycles. The third kappa shape index (κ3) is 4.16. The fourth-order valence-corrected chi connectivity index (χ4v) is 4.02. The molecule has 1 saturated heterocycles. The summed E-state index contributed by atoms with van der Waals surface area (Å²) in [6.07, 6.45) is 10.7. The van der Waals surface area contributed by atoms with E-state index in [9.17, 15) is 4.79 Å². The number of methoxy groups -OCH3 is 1. The molecule has 4 nitrogen and oxygen atoms in total. The number of rotatable bonds is 5. The van der Waals surface area contributed by atoms with Crippen LogP contribution in [0.4, 0.5) is 0 Å². The van der Waals surface area contributed by atoms with Crippen LogP contribution in [0, 0.1) is 0 Å². The van der Waals surface area contributed by atoms with Gasteiger partial charge in [-0.25, -0.2) is 0 Å². The van der Waals surface area contributed by atoms with Crippen molar-refractivity contribution in [3.8, 4) is 5.75 Å². The zero-order valence-corrected chi connectivity index (χ0v) is 16.1. The first-order valence-electron chi connectivity index (χ1n) is 9.99. The molecule has 1 aromatic carbocycles. The Morgan fingerprint density at radius 2 is 1.85 bits per heavy atom. The van der Waals surface area contributed by atoms with Gasteiger partial charge in [0.05, 0.1) is 13.7 Å². The molecule has 2 aromatic rings. The van der Waals surface area contributed by atoms with E-state index >= 15 is 0 Å². The van der Waals surface area contributed by atoms with Crippen LogP contribution in [0.1, 0.15) is 43.2 Å². The van der Waals surface area contributed by atoms with Crippen molar-refractivity contribution in [2.45, 2.75) is 44.7 Å². The maximum absolute atomic E-state index is 12.3. The molecule has 142 valence electrons. The molecule has 0 radical (unpaired) electrons. The number of hydrogen-bond acceptors (Lipinski definition) is 3. The van der Waals surface area contributed by atoms with Crippen LogP contribution in [-0.4, -0.2) is 35.7 Å². The molecule has 0 atom stereocenters. The molecule has 2 fully saturated rings. The van der Waals surface area contributed by atoms with Gasteiger partial charge < -0.3 is 9.30 Å². The van der Waals surface area contributed by atoms with Gasteiger partial charge in [-0.15, -0.1) is 0 Å². The van der Waals surface area contributed by atoms with Gasteiger partial charge >= 0.3 is 0 Å². The van der Waals surface area contributed by atoms with E-state index in [0.29, 0.717) is 12.3 Å². The Balaban J connectivity index is 1.38. The summed E-state index contributed by atoms with van der Waals surface area (Å²) in [5, 5.41) is 0. The van der Waals surface area contributed by atoms with Crippen LogP contribution in [0.2, 0.25) is 0 Å². The molecule has 1 saturated carbocycles. The third-order valence-electron chi connectivity index (χ3n) is 5.94. The second-order valence-corrected chi connectivity index (χ2v) is 7.67. The van der Waals surface area contributed by atoms with E-state index in [1.165, 1.54) is 57.9 Å². The molecule has 1 aliphatic heterocycles. The highest BCUT2D eigenvalue weighted by Gasteiger charge is 2.26. The van der Waals surface area contributed by atoms with Gasteiger partial charge in [0.15, 0.2) is 5.75 Å². The molecule has 1 aliphatic carbocycles. The van der Waals surface area contributed by atoms with Gasteiger partial charge in [-0.2, -0.15) is 0 Å². The second-order valence-electron chi connectivity index (χ2n) is 7.67. The number of aromatic nitrogens is 1. The lowest BCUT2D eigenvalue weighted by molar-refractivity contribution is 0.118. The van der Waals surface area contributed by atoms with Crippen molar-refractivity contribution in [3.05, 3.63) is 69.6 Å². The molecule has 27 heavy (non-hydrogen) atoms. The van der Waals surface area contributed by atoms with E-state index in [4.69, 9.17) is 4.74 Å². The Kier molecular flexibility index (Phi) is 5.44. The first kappa shape index (κ1) is 18.1. The number of likely N-dealkylation sites (tertiary alicyclic amines) is 1. The summed E-state index contributed by atoms with van der Waals surface area (Å²) < 4.78 is 6.80. The molecule has 1 aromatic heterocycles. The van der Waals surface area contributed by atoms with Crippen LogP contribution >= 0.6 is 0 Å². The monoisotopic (exact) mass is 364 g/mol. The number of nitrogens with zero attached hydrogens (tertiary/aromatic N) is 2. The first-order valence-corrected chi connectivity index (χ1v) is 9.99. The number of pyridine rings is 1. The van der Waals surface area contributed by atoms with E-state index < -0.39 is 0 Å². The lowest BCUT2D eigenvalue weighted by Crippen LogP contribution is -2.43. The highest BCUT2D eigenvalue weighted by atomic mass is 16.5. The van der Waals surface area contributed by atoms with Crippen molar-refractivity contribution in [3.63, 3.8) is 0 Å². The molecule has 0 bridgehead atoms. The summed E-state index contributed by atoms with van der Waals surface area (Å²) in [5.74, 6) is 0.382. The summed E-state index contributed by atoms with van der Waals surface area (Å²) in [7, 11) is 1.53. The Labute approximate surface area is 161 Å². The number of piperidine rings is 1. The average Bonchev–Trinajstić information content (AvgIpc) is 2.65. The predicted molar refractivity (Wildman–Crippen MR) is 109 cm³/mol. The maximum Gasteiger partial charge on any atom is 0.293 e. The largest absolute Gasteiger partial charge is 0.491 e. The summed E-state index contributed by atoms with van der Waals surface area (Å²) in [6, 6.07) is 13.0. The molecule has 4 rings (SSSR count). The summed E-state index contributed by atoms with van der Waals surface area (Å²) in [5.41, 5.74) is 3.84. The summed E-state index contributed by atoms with van der Waals surface area (Å²) in [6.45, 7) is 2.99. The highest BCUT2D eigenvalue weighted by Crippen LogP contribution is 2.29. The fraction of sp³-hybridized carbons (Fsp3) is 0.435. The van der Waals surface area contributed by atoms with Crippen LogP contribution in [0.25, 0.3) is 6.08 Å². The van der Waals surface area contributed by atoms with Gasteiger partial charge in [0.2, 0.25) is 0 Å². The minimum atomic E-state index is -0.0931. The Morgan fingerprint density at radius 1 is 1.11 bits per heavy atom. The van der Waals surface area contributed by atoms with Gasteiger partial charge in [0.1, 0.15) is 0 Å². The zero-order chi connectivity index (χ0) is 18.6. The van der Waals surface area contributed by atoms with Crippen LogP contribution < -0.4 is 10.3 Å². The SMILES string of the molecule is COc1cccn(Cc2ccc(C=C3CCN(C4CCC4)CC3)cc2)c1=O. The highest BCUT2D eigenvalue weighted by molar-refractivity contribution is 5.53. The van der Waals surface area contributed by atoms with Crippen molar-refractivity contribution in [2.24, 2.45) is 0 Å². The van der Waals surface area contributed by atoms with Crippen molar-refractivity contribution < 1.29 is 4.74 Å². The lowest BCUT2D eigenvalue weighted by Gasteiger charge is -2.40. The fourth-order valence-electron chi connectivity index (χ4n) is 4.02. The van der Waals surface area contributed by atoms with Gasteiger partial charge in [0, 0.05) is 25.3 Å². The van der Waals surface area contributed by atoms with E-state index in [-0.39, 0.29) is 5.56 Å². The Morgan fingerprint density at radius 3 is 2.48 bits per heavy atom. The molecular formula is C23H28N2O2. The Bertz CT molecular complexity index is 853. The smallest absolute Gasteiger partial charge is 0.293 e. The predicted octanol–water partition coefficient (Wildman–Crippen LogP) is 3.94. The number of hydrogen-bond donors (Lipinski definition) is 0. The first-order chi connectivity index (χ1) is 13.2. The lowest BCUT2D eigenvalue weighted by atomic mass is 9.89. The van der Waals surface area contributed by atoms with Crippen LogP contribution in [-0.2, 0) is 6.54 Å². The third-order valence-corrected chi connectivity index (χ3v) is 5.94. The topological polar surface area (TPSA) is 34.5 Å². The molecular weight excluding hydrogens is 336 g/mol. The molecule has 2 aliphatic rings. The minimum absolute atomic E-state index is 0.0931. The van der Waals surface area contributed by atoms with Crippen molar-refractivity contribution in [1.82, 2.24) is 9.47 Å². The van der Waals surface area contributed by atoms with Crippen LogP contribution in [0.5, 0.6) is 5.75 Å². The van der Waals surface area contributed by atoms with Crippen LogP contribution in [0.3, 0.4) is 0 Å². The average molecular weight is 364 g/mol. The quantitative estimate of drug-likeness (QED) is 0.806. The molecule has 0 amide bonds. The molecule has 4 heteroatoms. The van der Waals surface area contributed by atoms with E-state index in [1.807, 2.05) is 6.07 Å². The molecule has 0 spiro atoms. The normalized spacial score (nSPS) is 18.2. The second kappa shape index (κ2) is 8.13. The van der Waals surface area contributed by atoms with Gasteiger partial charge in [0.25, 0.3) is 5.56 Å². The van der Waals surface area contributed by atoms with E-state index in [0.717, 1.165) is 11.6 Å². The molecule has 0 N–H and O–H groups in total. The van der Waals surface area contributed by atoms with Gasteiger partial charge in [-0.05, 0) is 48.9 Å². The van der Waals surface area contributed by atoms with Crippen molar-refractivity contribution in [2.75, 3.05) is 20.2 Å². The van der Waals surface area contributed by atoms with Crippen molar-refractivity contribution in [1.29, 1.82) is 0 Å². The zero-order valence-electron chi connectivity index (χ0n) is 16.1. The number of benzene rings is 1. The van der Waals surface area contributed by atoms with Gasteiger partial charge in [-0.1, -0.05) is 42.3 Å². The summed E-state index contributed by atoms with van der Waals surface area (Å²) >= 11 is 0. The molecule has 0 unspecified atom stereocenters. The van der Waals surface area contributed by atoms with E-state index in [2.05, 4.69) is 35.2 Å². The Hall–Kier alpha value is -2.33. The van der Waals surface area contributed by atoms with Crippen LogP contribution in [0.15, 0.2) is 53.0 Å². The standard InChI is InChI=1S/C23H28N2O2/c1-27-22-6-3-13-25(23(22)26)17-20-9-7-18(8-10-20)16-19-11-14-24(15-12-19)21-4-2-5-21/h3,6-10,13,16,21H,2,4-5,11-12,14-15,17H2,1H3. The van der Waals surface area contributed by atoms with Crippen molar-refractivity contribution >= 4 is 6.08 Å². The minimum Gasteiger partial charge on any atom is -0.491 e.